The maximum Gasteiger partial charge on any atom is 0.256 e. The minimum atomic E-state index is -0.895. The highest BCUT2D eigenvalue weighted by Gasteiger charge is 2.28. The van der Waals surface area contributed by atoms with Crippen LogP contribution in [-0.2, 0) is 11.3 Å². The second-order valence-electron chi connectivity index (χ2n) is 6.97. The van der Waals surface area contributed by atoms with Gasteiger partial charge in [-0.15, -0.1) is 0 Å². The standard InChI is InChI=1S/C21H21F2N3O3/c22-16-4-5-17(18(23)11-16)21(29)26-8-6-14(7-9-26)20(28)25-12-13-2-1-3-15(10-13)19(24)27/h1-5,10-11,14H,6-9,12H2,(H2,24,27)(H,25,28). The van der Waals surface area contributed by atoms with E-state index in [1.165, 1.54) is 4.90 Å². The third kappa shape index (κ3) is 4.96. The number of benzene rings is 2. The second kappa shape index (κ2) is 8.81. The summed E-state index contributed by atoms with van der Waals surface area (Å²) in [7, 11) is 0. The predicted octanol–water partition coefficient (Wildman–Crippen LogP) is 2.23. The maximum atomic E-state index is 13.8. The number of piperidine rings is 1. The monoisotopic (exact) mass is 401 g/mol. The molecular formula is C21H21F2N3O3. The Hall–Kier alpha value is -3.29. The van der Waals surface area contributed by atoms with Crippen LogP contribution in [-0.4, -0.2) is 35.7 Å². The molecule has 1 aliphatic rings. The van der Waals surface area contributed by atoms with Crippen molar-refractivity contribution in [3.63, 3.8) is 0 Å². The zero-order valence-electron chi connectivity index (χ0n) is 15.7. The Morgan fingerprint density at radius 1 is 1.07 bits per heavy atom. The summed E-state index contributed by atoms with van der Waals surface area (Å²) in [6.45, 7) is 0.885. The molecule has 2 aromatic rings. The van der Waals surface area contributed by atoms with E-state index in [-0.39, 0.29) is 23.9 Å². The molecule has 0 saturated carbocycles. The first-order chi connectivity index (χ1) is 13.8. The van der Waals surface area contributed by atoms with E-state index in [0.717, 1.165) is 17.7 Å². The largest absolute Gasteiger partial charge is 0.366 e. The molecule has 1 aliphatic heterocycles. The van der Waals surface area contributed by atoms with E-state index in [4.69, 9.17) is 5.73 Å². The lowest BCUT2D eigenvalue weighted by Crippen LogP contribution is -2.43. The van der Waals surface area contributed by atoms with Gasteiger partial charge in [0.05, 0.1) is 5.56 Å². The van der Waals surface area contributed by atoms with Gasteiger partial charge >= 0.3 is 0 Å². The first-order valence-corrected chi connectivity index (χ1v) is 9.26. The number of hydrogen-bond acceptors (Lipinski definition) is 3. The van der Waals surface area contributed by atoms with E-state index in [9.17, 15) is 23.2 Å². The smallest absolute Gasteiger partial charge is 0.256 e. The number of rotatable bonds is 5. The van der Waals surface area contributed by atoms with Crippen LogP contribution in [0.3, 0.4) is 0 Å². The highest BCUT2D eigenvalue weighted by atomic mass is 19.1. The molecule has 1 fully saturated rings. The van der Waals surface area contributed by atoms with Crippen molar-refractivity contribution in [1.29, 1.82) is 0 Å². The van der Waals surface area contributed by atoms with E-state index in [2.05, 4.69) is 5.32 Å². The number of likely N-dealkylation sites (tertiary alicyclic amines) is 1. The first-order valence-electron chi connectivity index (χ1n) is 9.26. The number of carbonyl (C=O) groups excluding carboxylic acids is 3. The van der Waals surface area contributed by atoms with Crippen molar-refractivity contribution in [2.24, 2.45) is 11.7 Å². The van der Waals surface area contributed by atoms with Crippen molar-refractivity contribution < 1.29 is 23.2 Å². The molecule has 8 heteroatoms. The zero-order valence-corrected chi connectivity index (χ0v) is 15.7. The van der Waals surface area contributed by atoms with Crippen LogP contribution in [0.5, 0.6) is 0 Å². The van der Waals surface area contributed by atoms with E-state index in [1.54, 1.807) is 24.3 Å². The minimum absolute atomic E-state index is 0.144. The molecule has 152 valence electrons. The Morgan fingerprint density at radius 2 is 1.79 bits per heavy atom. The van der Waals surface area contributed by atoms with Gasteiger partial charge in [-0.2, -0.15) is 0 Å². The molecule has 0 radical (unpaired) electrons. The lowest BCUT2D eigenvalue weighted by molar-refractivity contribution is -0.126. The zero-order chi connectivity index (χ0) is 21.0. The van der Waals surface area contributed by atoms with Crippen LogP contribution in [0.15, 0.2) is 42.5 Å². The molecule has 3 N–H and O–H groups in total. The van der Waals surface area contributed by atoms with Gasteiger partial charge in [-0.25, -0.2) is 8.78 Å². The fourth-order valence-corrected chi connectivity index (χ4v) is 3.35. The second-order valence-corrected chi connectivity index (χ2v) is 6.97. The number of halogens is 2. The van der Waals surface area contributed by atoms with Gasteiger partial charge in [-0.3, -0.25) is 14.4 Å². The lowest BCUT2D eigenvalue weighted by atomic mass is 9.95. The van der Waals surface area contributed by atoms with Gasteiger partial charge < -0.3 is 16.0 Å². The fourth-order valence-electron chi connectivity index (χ4n) is 3.35. The van der Waals surface area contributed by atoms with Gasteiger partial charge in [0.25, 0.3) is 5.91 Å². The van der Waals surface area contributed by atoms with Crippen molar-refractivity contribution in [2.45, 2.75) is 19.4 Å². The van der Waals surface area contributed by atoms with Gasteiger partial charge in [0.2, 0.25) is 11.8 Å². The number of amides is 3. The van der Waals surface area contributed by atoms with Crippen LogP contribution in [0.2, 0.25) is 0 Å². The summed E-state index contributed by atoms with van der Waals surface area (Å²) in [5.41, 5.74) is 6.20. The molecule has 3 amide bonds. The summed E-state index contributed by atoms with van der Waals surface area (Å²) >= 11 is 0. The Bertz CT molecular complexity index is 941. The van der Waals surface area contributed by atoms with Gasteiger partial charge in [0.15, 0.2) is 0 Å². The van der Waals surface area contributed by atoms with Gasteiger partial charge in [-0.1, -0.05) is 12.1 Å². The van der Waals surface area contributed by atoms with E-state index < -0.39 is 23.4 Å². The van der Waals surface area contributed by atoms with Crippen LogP contribution in [0.4, 0.5) is 8.78 Å². The number of nitrogens with one attached hydrogen (secondary N) is 1. The van der Waals surface area contributed by atoms with Crippen LogP contribution in [0, 0.1) is 17.6 Å². The molecule has 0 bridgehead atoms. The third-order valence-electron chi connectivity index (χ3n) is 4.99. The number of nitrogens with zero attached hydrogens (tertiary/aromatic N) is 1. The lowest BCUT2D eigenvalue weighted by Gasteiger charge is -2.31. The number of primary amides is 1. The topological polar surface area (TPSA) is 92.5 Å². The molecule has 2 aromatic carbocycles. The average molecular weight is 401 g/mol. The Labute approximate surface area is 166 Å². The van der Waals surface area contributed by atoms with Gasteiger partial charge in [0.1, 0.15) is 11.6 Å². The first kappa shape index (κ1) is 20.4. The molecule has 1 heterocycles. The van der Waals surface area contributed by atoms with Crippen LogP contribution in [0.25, 0.3) is 0 Å². The number of nitrogens with two attached hydrogens (primary N) is 1. The average Bonchev–Trinajstić information content (AvgIpc) is 2.72. The third-order valence-corrected chi connectivity index (χ3v) is 4.99. The summed E-state index contributed by atoms with van der Waals surface area (Å²) in [5.74, 6) is -3.09. The highest BCUT2D eigenvalue weighted by Crippen LogP contribution is 2.21. The maximum absolute atomic E-state index is 13.8. The Kier molecular flexibility index (Phi) is 6.21. The molecule has 3 rings (SSSR count). The quantitative estimate of drug-likeness (QED) is 0.805. The van der Waals surface area contributed by atoms with Crippen LogP contribution >= 0.6 is 0 Å². The Balaban J connectivity index is 1.52. The van der Waals surface area contributed by atoms with Crippen LogP contribution < -0.4 is 11.1 Å². The van der Waals surface area contributed by atoms with Crippen molar-refractivity contribution in [2.75, 3.05) is 13.1 Å². The SMILES string of the molecule is NC(=O)c1cccc(CNC(=O)C2CCN(C(=O)c3ccc(F)cc3F)CC2)c1. The van der Waals surface area contributed by atoms with Crippen molar-refractivity contribution in [3.8, 4) is 0 Å². The molecular weight excluding hydrogens is 380 g/mol. The van der Waals surface area contributed by atoms with E-state index in [0.29, 0.717) is 37.6 Å². The Morgan fingerprint density at radius 3 is 2.45 bits per heavy atom. The predicted molar refractivity (Wildman–Crippen MR) is 102 cm³/mol. The van der Waals surface area contributed by atoms with Gasteiger partial charge in [-0.05, 0) is 42.7 Å². The molecule has 0 aromatic heterocycles. The molecule has 6 nitrogen and oxygen atoms in total. The molecule has 29 heavy (non-hydrogen) atoms. The van der Waals surface area contributed by atoms with E-state index in [1.807, 2.05) is 0 Å². The molecule has 0 atom stereocenters. The normalized spacial score (nSPS) is 14.5. The number of hydrogen-bond donors (Lipinski definition) is 2. The van der Waals surface area contributed by atoms with E-state index >= 15 is 0 Å². The van der Waals surface area contributed by atoms with Gasteiger partial charge in [0, 0.05) is 37.2 Å². The number of carbonyl (C=O) groups is 3. The van der Waals surface area contributed by atoms with Crippen molar-refractivity contribution in [1.82, 2.24) is 10.2 Å². The minimum Gasteiger partial charge on any atom is -0.366 e. The highest BCUT2D eigenvalue weighted by molar-refractivity contribution is 5.94. The van der Waals surface area contributed by atoms with Crippen LogP contribution in [0.1, 0.15) is 39.1 Å². The summed E-state index contributed by atoms with van der Waals surface area (Å²) < 4.78 is 26.8. The molecule has 0 unspecified atom stereocenters. The summed E-state index contributed by atoms with van der Waals surface area (Å²) in [6, 6.07) is 9.56. The molecule has 0 aliphatic carbocycles. The summed E-state index contributed by atoms with van der Waals surface area (Å²) in [5, 5.41) is 2.83. The summed E-state index contributed by atoms with van der Waals surface area (Å²) in [6.07, 6.45) is 0.892. The molecule has 1 saturated heterocycles. The fraction of sp³-hybridized carbons (Fsp3) is 0.286. The molecule has 0 spiro atoms. The summed E-state index contributed by atoms with van der Waals surface area (Å²) in [4.78, 5) is 37.5. The van der Waals surface area contributed by atoms with Crippen molar-refractivity contribution in [3.05, 3.63) is 70.8 Å². The van der Waals surface area contributed by atoms with Crippen molar-refractivity contribution >= 4 is 17.7 Å².